The lowest BCUT2D eigenvalue weighted by atomic mass is 9.93. The summed E-state index contributed by atoms with van der Waals surface area (Å²) in [6, 6.07) is 15.3. The molecule has 0 aromatic heterocycles. The van der Waals surface area contributed by atoms with Gasteiger partial charge in [-0.1, -0.05) is 67.8 Å². The molecule has 1 saturated carbocycles. The number of aliphatic carboxylic acids is 1. The van der Waals surface area contributed by atoms with Crippen molar-refractivity contribution in [3.05, 3.63) is 59.7 Å². The van der Waals surface area contributed by atoms with Crippen molar-refractivity contribution in [2.75, 3.05) is 13.2 Å². The molecule has 1 fully saturated rings. The van der Waals surface area contributed by atoms with E-state index < -0.39 is 42.4 Å². The second kappa shape index (κ2) is 10.4. The van der Waals surface area contributed by atoms with Crippen LogP contribution in [0.1, 0.15) is 49.1 Å². The number of halogens is 2. The zero-order valence-corrected chi connectivity index (χ0v) is 19.1. The van der Waals surface area contributed by atoms with Crippen molar-refractivity contribution in [3.8, 4) is 11.1 Å². The number of carboxylic acid groups (broad SMARTS) is 1. The maximum atomic E-state index is 13.4. The summed E-state index contributed by atoms with van der Waals surface area (Å²) in [5, 5.41) is 13.4. The van der Waals surface area contributed by atoms with Crippen molar-refractivity contribution in [1.29, 1.82) is 0 Å². The van der Waals surface area contributed by atoms with Gasteiger partial charge in [-0.25, -0.2) is 9.59 Å². The molecule has 0 aliphatic heterocycles. The Hall–Kier alpha value is -3.49. The lowest BCUT2D eigenvalue weighted by Crippen LogP contribution is -2.49. The largest absolute Gasteiger partial charge is 0.477 e. The molecule has 2 amide bonds. The van der Waals surface area contributed by atoms with E-state index in [1.807, 2.05) is 53.8 Å². The number of ether oxygens (including phenoxy) is 1. The summed E-state index contributed by atoms with van der Waals surface area (Å²) >= 11 is 0. The zero-order valence-electron chi connectivity index (χ0n) is 19.1. The number of alkyl carbamates (subject to hydrolysis) is 1. The normalized spacial score (nSPS) is 19.7. The van der Waals surface area contributed by atoms with Gasteiger partial charge in [0, 0.05) is 12.0 Å². The summed E-state index contributed by atoms with van der Waals surface area (Å²) < 4.78 is 32.4. The van der Waals surface area contributed by atoms with Crippen LogP contribution in [0.4, 0.5) is 13.6 Å². The summed E-state index contributed by atoms with van der Waals surface area (Å²) in [7, 11) is 0. The topological polar surface area (TPSA) is 105 Å². The monoisotopic (exact) mass is 486 g/mol. The minimum absolute atomic E-state index is 0.111. The molecule has 9 heteroatoms. The summed E-state index contributed by atoms with van der Waals surface area (Å²) in [6.07, 6.45) is 2.54. The number of benzene rings is 2. The number of rotatable bonds is 7. The summed E-state index contributed by atoms with van der Waals surface area (Å²) in [5.41, 5.74) is 4.37. The van der Waals surface area contributed by atoms with E-state index in [0.29, 0.717) is 19.3 Å². The molecule has 2 aromatic rings. The average molecular weight is 487 g/mol. The summed E-state index contributed by atoms with van der Waals surface area (Å²) in [5.74, 6) is -7.92. The molecule has 2 aromatic carbocycles. The van der Waals surface area contributed by atoms with Crippen LogP contribution in [0, 0.1) is 5.92 Å². The van der Waals surface area contributed by atoms with Crippen LogP contribution in [-0.4, -0.2) is 48.2 Å². The van der Waals surface area contributed by atoms with Crippen LogP contribution >= 0.6 is 0 Å². The van der Waals surface area contributed by atoms with Gasteiger partial charge in [0.1, 0.15) is 6.61 Å². The van der Waals surface area contributed by atoms with Gasteiger partial charge in [-0.2, -0.15) is 8.78 Å². The minimum atomic E-state index is -4.06. The fourth-order valence-corrected chi connectivity index (χ4v) is 4.99. The van der Waals surface area contributed by atoms with E-state index >= 15 is 0 Å². The van der Waals surface area contributed by atoms with Gasteiger partial charge in [-0.3, -0.25) is 4.79 Å². The lowest BCUT2D eigenvalue weighted by molar-refractivity contribution is -0.164. The highest BCUT2D eigenvalue weighted by atomic mass is 19.3. The SMILES string of the molecule is O=C(N[C@H]1CCCCC[C@H]1C(=O)NCC(F)(F)C(=O)O)OCC1c2ccccc2-c2ccccc21. The number of fused-ring (bicyclic) bond motifs is 3. The molecule has 4 rings (SSSR count). The number of alkyl halides is 2. The molecule has 0 heterocycles. The second-order valence-electron chi connectivity index (χ2n) is 9.05. The highest BCUT2D eigenvalue weighted by Gasteiger charge is 2.40. The lowest BCUT2D eigenvalue weighted by Gasteiger charge is -2.26. The summed E-state index contributed by atoms with van der Waals surface area (Å²) in [4.78, 5) is 36.0. The van der Waals surface area contributed by atoms with Crippen molar-refractivity contribution in [3.63, 3.8) is 0 Å². The van der Waals surface area contributed by atoms with E-state index in [1.54, 1.807) is 0 Å². The highest BCUT2D eigenvalue weighted by molar-refractivity contribution is 5.82. The molecule has 0 saturated heterocycles. The number of carbonyl (C=O) groups is 3. The second-order valence-corrected chi connectivity index (χ2v) is 9.05. The fourth-order valence-electron chi connectivity index (χ4n) is 4.99. The standard InChI is InChI=1S/C26H28F2N2O5/c27-26(28,24(32)33)15-29-23(31)20-12-2-1-3-13-22(20)30-25(34)35-14-21-18-10-6-4-8-16(18)17-9-5-7-11-19(17)21/h4-11,20-22H,1-3,12-15H2,(H,29,31)(H,30,34)(H,32,33)/t20-,22+/m1/s1. The van der Waals surface area contributed by atoms with Gasteiger partial charge >= 0.3 is 18.0 Å². The molecule has 35 heavy (non-hydrogen) atoms. The quantitative estimate of drug-likeness (QED) is 0.506. The van der Waals surface area contributed by atoms with Gasteiger partial charge in [-0.15, -0.1) is 0 Å². The molecule has 3 N–H and O–H groups in total. The third-order valence-electron chi connectivity index (χ3n) is 6.80. The summed E-state index contributed by atoms with van der Waals surface area (Å²) in [6.45, 7) is -1.18. The predicted molar refractivity (Wildman–Crippen MR) is 124 cm³/mol. The van der Waals surface area contributed by atoms with Crippen molar-refractivity contribution in [2.24, 2.45) is 5.92 Å². The Morgan fingerprint density at radius 1 is 0.943 bits per heavy atom. The van der Waals surface area contributed by atoms with Gasteiger partial charge in [0.2, 0.25) is 5.91 Å². The van der Waals surface area contributed by atoms with Gasteiger partial charge in [0.05, 0.1) is 12.5 Å². The van der Waals surface area contributed by atoms with E-state index in [2.05, 4.69) is 5.32 Å². The first-order chi connectivity index (χ1) is 16.8. The van der Waals surface area contributed by atoms with Crippen molar-refractivity contribution < 1.29 is 33.0 Å². The zero-order chi connectivity index (χ0) is 25.0. The Morgan fingerprint density at radius 3 is 2.17 bits per heavy atom. The molecular formula is C26H28F2N2O5. The van der Waals surface area contributed by atoms with E-state index in [9.17, 15) is 23.2 Å². The van der Waals surface area contributed by atoms with Crippen LogP contribution in [0.5, 0.6) is 0 Å². The maximum absolute atomic E-state index is 13.4. The third-order valence-corrected chi connectivity index (χ3v) is 6.80. The molecular weight excluding hydrogens is 458 g/mol. The van der Waals surface area contributed by atoms with Crippen LogP contribution in [0.15, 0.2) is 48.5 Å². The Kier molecular flexibility index (Phi) is 7.33. The highest BCUT2D eigenvalue weighted by Crippen LogP contribution is 2.44. The van der Waals surface area contributed by atoms with Crippen LogP contribution in [-0.2, 0) is 14.3 Å². The first-order valence-electron chi connectivity index (χ1n) is 11.8. The van der Waals surface area contributed by atoms with E-state index in [-0.39, 0.29) is 12.5 Å². The van der Waals surface area contributed by atoms with E-state index in [1.165, 1.54) is 0 Å². The first-order valence-corrected chi connectivity index (χ1v) is 11.8. The Bertz CT molecular complexity index is 1060. The first kappa shape index (κ1) is 24.6. The van der Waals surface area contributed by atoms with Crippen molar-refractivity contribution >= 4 is 18.0 Å². The Labute approximate surface area is 201 Å². The molecule has 0 spiro atoms. The van der Waals surface area contributed by atoms with Gasteiger partial charge in [-0.05, 0) is 35.1 Å². The Balaban J connectivity index is 1.39. The van der Waals surface area contributed by atoms with Crippen LogP contribution < -0.4 is 10.6 Å². The minimum Gasteiger partial charge on any atom is -0.477 e. The molecule has 0 bridgehead atoms. The van der Waals surface area contributed by atoms with E-state index in [4.69, 9.17) is 9.84 Å². The van der Waals surface area contributed by atoms with Crippen LogP contribution in [0.25, 0.3) is 11.1 Å². The number of carboxylic acids is 1. The van der Waals surface area contributed by atoms with Gasteiger partial charge in [0.25, 0.3) is 0 Å². The molecule has 2 aliphatic rings. The number of nitrogens with one attached hydrogen (secondary N) is 2. The molecule has 2 aliphatic carbocycles. The maximum Gasteiger partial charge on any atom is 0.407 e. The molecule has 186 valence electrons. The average Bonchev–Trinajstić information content (AvgIpc) is 2.97. The molecule has 2 atom stereocenters. The number of hydrogen-bond donors (Lipinski definition) is 3. The third kappa shape index (κ3) is 5.44. The van der Waals surface area contributed by atoms with Crippen LogP contribution in [0.2, 0.25) is 0 Å². The smallest absolute Gasteiger partial charge is 0.407 e. The molecule has 7 nitrogen and oxygen atoms in total. The fraction of sp³-hybridized carbons (Fsp3) is 0.423. The predicted octanol–water partition coefficient (Wildman–Crippen LogP) is 4.31. The molecule has 0 radical (unpaired) electrons. The van der Waals surface area contributed by atoms with Gasteiger partial charge < -0.3 is 20.5 Å². The Morgan fingerprint density at radius 2 is 1.54 bits per heavy atom. The van der Waals surface area contributed by atoms with Crippen LogP contribution in [0.3, 0.4) is 0 Å². The number of amides is 2. The number of carbonyl (C=O) groups excluding carboxylic acids is 2. The van der Waals surface area contributed by atoms with Gasteiger partial charge in [0.15, 0.2) is 0 Å². The molecule has 0 unspecified atom stereocenters. The number of hydrogen-bond acceptors (Lipinski definition) is 4. The van der Waals surface area contributed by atoms with Crippen molar-refractivity contribution in [2.45, 2.75) is 50.0 Å². The van der Waals surface area contributed by atoms with E-state index in [0.717, 1.165) is 35.1 Å². The van der Waals surface area contributed by atoms with Crippen molar-refractivity contribution in [1.82, 2.24) is 10.6 Å².